The van der Waals surface area contributed by atoms with E-state index in [2.05, 4.69) is 93.7 Å². The van der Waals surface area contributed by atoms with Crippen LogP contribution in [-0.2, 0) is 23.8 Å². The zero-order chi connectivity index (χ0) is 40.7. The highest BCUT2D eigenvalue weighted by Crippen LogP contribution is 2.13. The van der Waals surface area contributed by atoms with Crippen LogP contribution in [0.2, 0.25) is 0 Å². The second kappa shape index (κ2) is 46.7. The summed E-state index contributed by atoms with van der Waals surface area (Å²) in [6.45, 7) is 7.54. The molecule has 0 aliphatic rings. The van der Waals surface area contributed by atoms with Gasteiger partial charge in [-0.3, -0.25) is 9.59 Å². The number of allylic oxidation sites excluding steroid dienone is 12. The molecule has 0 aromatic carbocycles. The fraction of sp³-hybridized carbons (Fsp3) is 0.725. The van der Waals surface area contributed by atoms with Crippen molar-refractivity contribution in [1.29, 1.82) is 0 Å². The smallest absolute Gasteiger partial charge is 0.306 e. The molecule has 0 bridgehead atoms. The number of hydrogen-bond acceptors (Lipinski definition) is 5. The third kappa shape index (κ3) is 44.1. The first-order chi connectivity index (χ1) is 27.6. The van der Waals surface area contributed by atoms with Crippen LogP contribution in [0.1, 0.15) is 213 Å². The Balaban J connectivity index is 4.10. The lowest BCUT2D eigenvalue weighted by Gasteiger charge is -2.18. The third-order valence-electron chi connectivity index (χ3n) is 9.73. The summed E-state index contributed by atoms with van der Waals surface area (Å²) >= 11 is 0. The minimum absolute atomic E-state index is 0.0677. The average Bonchev–Trinajstić information content (AvgIpc) is 3.20. The summed E-state index contributed by atoms with van der Waals surface area (Å²) in [5.41, 5.74) is 0. The van der Waals surface area contributed by atoms with E-state index in [1.54, 1.807) is 0 Å². The summed E-state index contributed by atoms with van der Waals surface area (Å²) in [5, 5.41) is 0. The Bertz CT molecular complexity index is 1020. The maximum absolute atomic E-state index is 12.5. The van der Waals surface area contributed by atoms with Crippen molar-refractivity contribution in [3.05, 3.63) is 72.9 Å². The van der Waals surface area contributed by atoms with E-state index < -0.39 is 6.10 Å². The van der Waals surface area contributed by atoms with Gasteiger partial charge in [0.15, 0.2) is 6.10 Å². The van der Waals surface area contributed by atoms with Crippen molar-refractivity contribution in [3.63, 3.8) is 0 Å². The van der Waals surface area contributed by atoms with Crippen LogP contribution in [0.4, 0.5) is 0 Å². The van der Waals surface area contributed by atoms with E-state index in [1.165, 1.54) is 83.5 Å². The molecule has 322 valence electrons. The van der Waals surface area contributed by atoms with Crippen LogP contribution in [-0.4, -0.2) is 37.9 Å². The average molecular weight is 781 g/mol. The molecule has 0 aromatic heterocycles. The summed E-state index contributed by atoms with van der Waals surface area (Å²) in [4.78, 5) is 25.0. The van der Waals surface area contributed by atoms with E-state index >= 15 is 0 Å². The summed E-state index contributed by atoms with van der Waals surface area (Å²) in [5.74, 6) is -0.434. The van der Waals surface area contributed by atoms with E-state index in [0.29, 0.717) is 19.4 Å². The highest BCUT2D eigenvalue weighted by Gasteiger charge is 2.17. The van der Waals surface area contributed by atoms with Crippen LogP contribution < -0.4 is 0 Å². The van der Waals surface area contributed by atoms with Crippen LogP contribution in [0.5, 0.6) is 0 Å². The first-order valence-corrected chi connectivity index (χ1v) is 23.5. The van der Waals surface area contributed by atoms with E-state index in [-0.39, 0.29) is 25.2 Å². The summed E-state index contributed by atoms with van der Waals surface area (Å²) in [6, 6.07) is 0. The maximum atomic E-state index is 12.5. The van der Waals surface area contributed by atoms with Crippen molar-refractivity contribution < 1.29 is 23.8 Å². The molecule has 0 saturated carbocycles. The highest BCUT2D eigenvalue weighted by atomic mass is 16.6. The SMILES string of the molecule is CC/C=C\C/C=C\C/C=C\C/C=C\CCCCCOCC(COC(=O)CCCCCCCCCCC/C=C\C/C=C\CCCCC)OC(=O)CCCCCCC. The molecule has 5 heteroatoms. The molecule has 0 amide bonds. The van der Waals surface area contributed by atoms with Gasteiger partial charge in [0.2, 0.25) is 0 Å². The fourth-order valence-electron chi connectivity index (χ4n) is 6.24. The van der Waals surface area contributed by atoms with Gasteiger partial charge in [-0.2, -0.15) is 0 Å². The number of carbonyl (C=O) groups is 2. The van der Waals surface area contributed by atoms with Crippen molar-refractivity contribution in [2.75, 3.05) is 19.8 Å². The second-order valence-corrected chi connectivity index (χ2v) is 15.3. The molecule has 0 aliphatic carbocycles. The van der Waals surface area contributed by atoms with Crippen molar-refractivity contribution in [1.82, 2.24) is 0 Å². The topological polar surface area (TPSA) is 61.8 Å². The molecule has 0 fully saturated rings. The molecular formula is C51H88O5. The third-order valence-corrected chi connectivity index (χ3v) is 9.73. The minimum atomic E-state index is -0.551. The molecule has 0 rings (SSSR count). The monoisotopic (exact) mass is 781 g/mol. The van der Waals surface area contributed by atoms with Gasteiger partial charge in [0.05, 0.1) is 6.61 Å². The molecule has 0 spiro atoms. The molecule has 0 saturated heterocycles. The zero-order valence-corrected chi connectivity index (χ0v) is 36.9. The second-order valence-electron chi connectivity index (χ2n) is 15.3. The molecule has 0 radical (unpaired) electrons. The Morgan fingerprint density at radius 1 is 0.411 bits per heavy atom. The molecule has 0 N–H and O–H groups in total. The Morgan fingerprint density at radius 2 is 0.804 bits per heavy atom. The van der Waals surface area contributed by atoms with Gasteiger partial charge >= 0.3 is 11.9 Å². The summed E-state index contributed by atoms with van der Waals surface area (Å²) < 4.78 is 17.2. The van der Waals surface area contributed by atoms with Crippen LogP contribution in [0.25, 0.3) is 0 Å². The van der Waals surface area contributed by atoms with E-state index in [9.17, 15) is 9.59 Å². The minimum Gasteiger partial charge on any atom is -0.462 e. The standard InChI is InChI=1S/C51H88O5/c1-4-7-10-13-15-17-19-21-23-25-26-27-28-30-32-34-36-39-41-44-50(52)55-48-49(56-51(53)45-42-38-12-9-6-3)47-54-46-43-40-37-35-33-31-29-24-22-20-18-16-14-11-8-5-2/h8,11,15-18,21-24,31,33,49H,4-7,9-10,12-14,19-20,25-30,32,34-48H2,1-3H3/b11-8-,17-15-,18-16-,23-21-,24-22-,33-31-. The molecule has 0 aliphatic heterocycles. The van der Waals surface area contributed by atoms with Gasteiger partial charge in [-0.1, -0.05) is 184 Å². The van der Waals surface area contributed by atoms with Gasteiger partial charge in [0.25, 0.3) is 0 Å². The zero-order valence-electron chi connectivity index (χ0n) is 36.9. The van der Waals surface area contributed by atoms with Gasteiger partial charge in [0.1, 0.15) is 6.61 Å². The molecule has 1 atom stereocenters. The van der Waals surface area contributed by atoms with Gasteiger partial charge in [-0.15, -0.1) is 0 Å². The first-order valence-electron chi connectivity index (χ1n) is 23.5. The van der Waals surface area contributed by atoms with Crippen molar-refractivity contribution >= 4 is 11.9 Å². The van der Waals surface area contributed by atoms with Crippen LogP contribution >= 0.6 is 0 Å². The highest BCUT2D eigenvalue weighted by molar-refractivity contribution is 5.70. The number of unbranched alkanes of at least 4 members (excludes halogenated alkanes) is 19. The Hall–Kier alpha value is -2.66. The summed E-state index contributed by atoms with van der Waals surface area (Å²) in [7, 11) is 0. The van der Waals surface area contributed by atoms with Crippen molar-refractivity contribution in [2.24, 2.45) is 0 Å². The molecule has 1 unspecified atom stereocenters. The molecular weight excluding hydrogens is 693 g/mol. The number of esters is 2. The lowest BCUT2D eigenvalue weighted by atomic mass is 10.1. The van der Waals surface area contributed by atoms with Gasteiger partial charge in [0, 0.05) is 19.4 Å². The van der Waals surface area contributed by atoms with E-state index in [0.717, 1.165) is 96.3 Å². The molecule has 0 aromatic rings. The Morgan fingerprint density at radius 3 is 1.32 bits per heavy atom. The molecule has 5 nitrogen and oxygen atoms in total. The van der Waals surface area contributed by atoms with E-state index in [1.807, 2.05) is 0 Å². The van der Waals surface area contributed by atoms with Crippen LogP contribution in [0, 0.1) is 0 Å². The van der Waals surface area contributed by atoms with Gasteiger partial charge < -0.3 is 14.2 Å². The number of ether oxygens (including phenoxy) is 3. The lowest BCUT2D eigenvalue weighted by molar-refractivity contribution is -0.163. The number of carbonyl (C=O) groups excluding carboxylic acids is 2. The van der Waals surface area contributed by atoms with Crippen LogP contribution in [0.3, 0.4) is 0 Å². The quantitative estimate of drug-likeness (QED) is 0.0351. The van der Waals surface area contributed by atoms with Gasteiger partial charge in [-0.25, -0.2) is 0 Å². The van der Waals surface area contributed by atoms with Crippen molar-refractivity contribution in [2.45, 2.75) is 219 Å². The normalized spacial score (nSPS) is 12.8. The van der Waals surface area contributed by atoms with E-state index in [4.69, 9.17) is 14.2 Å². The number of hydrogen-bond donors (Lipinski definition) is 0. The predicted molar refractivity (Wildman–Crippen MR) is 242 cm³/mol. The first kappa shape index (κ1) is 53.3. The Kier molecular flexibility index (Phi) is 44.5. The fourth-order valence-corrected chi connectivity index (χ4v) is 6.24. The van der Waals surface area contributed by atoms with Gasteiger partial charge in [-0.05, 0) is 89.9 Å². The maximum Gasteiger partial charge on any atom is 0.306 e. The summed E-state index contributed by atoms with van der Waals surface area (Å²) in [6.07, 6.45) is 59.3. The lowest BCUT2D eigenvalue weighted by Crippen LogP contribution is -2.30. The largest absolute Gasteiger partial charge is 0.462 e. The molecule has 0 heterocycles. The van der Waals surface area contributed by atoms with Crippen LogP contribution in [0.15, 0.2) is 72.9 Å². The molecule has 56 heavy (non-hydrogen) atoms. The Labute approximate surface area is 347 Å². The number of rotatable bonds is 42. The van der Waals surface area contributed by atoms with Crippen molar-refractivity contribution in [3.8, 4) is 0 Å². The predicted octanol–water partition coefficient (Wildman–Crippen LogP) is 15.6.